The first-order valence-electron chi connectivity index (χ1n) is 7.09. The highest BCUT2D eigenvalue weighted by Crippen LogP contribution is 2.25. The van der Waals surface area contributed by atoms with Gasteiger partial charge < -0.3 is 4.98 Å². The molecule has 0 saturated heterocycles. The highest BCUT2D eigenvalue weighted by molar-refractivity contribution is 5.83. The minimum absolute atomic E-state index is 0.0859. The standard InChI is InChI=1S/C19H18N2/c1-19(2,3)16-11-17-15(12-20-18(17)21-13-16)10-9-14-7-5-4-6-8-14/h4-8,11-13H,1-3H3,(H,20,21). The first-order valence-corrected chi connectivity index (χ1v) is 7.09. The van der Waals surface area contributed by atoms with Gasteiger partial charge in [-0.15, -0.1) is 0 Å². The number of hydrogen-bond donors (Lipinski definition) is 1. The molecule has 21 heavy (non-hydrogen) atoms. The molecular weight excluding hydrogens is 256 g/mol. The molecule has 0 bridgehead atoms. The summed E-state index contributed by atoms with van der Waals surface area (Å²) in [5, 5.41) is 1.09. The van der Waals surface area contributed by atoms with Crippen LogP contribution in [0.5, 0.6) is 0 Å². The monoisotopic (exact) mass is 274 g/mol. The number of hydrogen-bond acceptors (Lipinski definition) is 1. The summed E-state index contributed by atoms with van der Waals surface area (Å²) in [6, 6.07) is 12.2. The van der Waals surface area contributed by atoms with Crippen molar-refractivity contribution in [2.75, 3.05) is 0 Å². The molecule has 2 aromatic heterocycles. The van der Waals surface area contributed by atoms with Crippen LogP contribution in [0, 0.1) is 11.8 Å². The summed E-state index contributed by atoms with van der Waals surface area (Å²) < 4.78 is 0. The van der Waals surface area contributed by atoms with Gasteiger partial charge in [0, 0.05) is 23.3 Å². The van der Waals surface area contributed by atoms with E-state index in [1.54, 1.807) is 0 Å². The van der Waals surface area contributed by atoms with Crippen LogP contribution in [-0.4, -0.2) is 9.97 Å². The molecule has 0 fully saturated rings. The number of aromatic nitrogens is 2. The molecule has 0 aliphatic carbocycles. The molecule has 2 nitrogen and oxygen atoms in total. The van der Waals surface area contributed by atoms with Crippen molar-refractivity contribution in [1.82, 2.24) is 9.97 Å². The lowest BCUT2D eigenvalue weighted by Gasteiger charge is -2.18. The van der Waals surface area contributed by atoms with Crippen LogP contribution in [0.4, 0.5) is 0 Å². The molecule has 0 amide bonds. The van der Waals surface area contributed by atoms with E-state index >= 15 is 0 Å². The van der Waals surface area contributed by atoms with Crippen molar-refractivity contribution in [2.24, 2.45) is 0 Å². The highest BCUT2D eigenvalue weighted by atomic mass is 14.8. The van der Waals surface area contributed by atoms with Crippen LogP contribution in [0.3, 0.4) is 0 Å². The van der Waals surface area contributed by atoms with Crippen molar-refractivity contribution in [3.63, 3.8) is 0 Å². The second kappa shape index (κ2) is 5.10. The molecule has 1 N–H and O–H groups in total. The fourth-order valence-corrected chi connectivity index (χ4v) is 2.18. The van der Waals surface area contributed by atoms with Crippen LogP contribution in [0.25, 0.3) is 11.0 Å². The van der Waals surface area contributed by atoms with Crippen LogP contribution >= 0.6 is 0 Å². The predicted molar refractivity (Wildman–Crippen MR) is 87.2 cm³/mol. The van der Waals surface area contributed by atoms with Gasteiger partial charge in [0.25, 0.3) is 0 Å². The Morgan fingerprint density at radius 2 is 1.81 bits per heavy atom. The molecule has 3 rings (SSSR count). The second-order valence-electron chi connectivity index (χ2n) is 6.19. The maximum absolute atomic E-state index is 4.50. The fourth-order valence-electron chi connectivity index (χ4n) is 2.18. The van der Waals surface area contributed by atoms with Gasteiger partial charge in [-0.05, 0) is 29.2 Å². The molecular formula is C19H18N2. The van der Waals surface area contributed by atoms with Crippen molar-refractivity contribution < 1.29 is 0 Å². The summed E-state index contributed by atoms with van der Waals surface area (Å²) in [5.41, 5.74) is 4.21. The van der Waals surface area contributed by atoms with E-state index in [2.05, 4.69) is 48.6 Å². The molecule has 0 saturated carbocycles. The van der Waals surface area contributed by atoms with Gasteiger partial charge in [-0.1, -0.05) is 50.8 Å². The average molecular weight is 274 g/mol. The number of rotatable bonds is 0. The second-order valence-corrected chi connectivity index (χ2v) is 6.19. The lowest BCUT2D eigenvalue weighted by molar-refractivity contribution is 0.588. The Hall–Kier alpha value is -2.53. The number of H-pyrrole nitrogens is 1. The maximum atomic E-state index is 4.50. The Kier molecular flexibility index (Phi) is 3.27. The lowest BCUT2D eigenvalue weighted by atomic mass is 9.88. The summed E-state index contributed by atoms with van der Waals surface area (Å²) in [7, 11) is 0. The largest absolute Gasteiger partial charge is 0.345 e. The normalized spacial score (nSPS) is 11.2. The SMILES string of the molecule is CC(C)(C)c1cnc2[nH]cc(C#Cc3ccccc3)c2c1. The van der Waals surface area contributed by atoms with E-state index in [0.29, 0.717) is 0 Å². The third-order valence-electron chi connectivity index (χ3n) is 3.51. The zero-order chi connectivity index (χ0) is 14.9. The van der Waals surface area contributed by atoms with Gasteiger partial charge in [0.1, 0.15) is 5.65 Å². The van der Waals surface area contributed by atoms with E-state index in [1.165, 1.54) is 5.56 Å². The molecule has 0 unspecified atom stereocenters. The van der Waals surface area contributed by atoms with Crippen molar-refractivity contribution in [1.29, 1.82) is 0 Å². The maximum Gasteiger partial charge on any atom is 0.138 e. The minimum Gasteiger partial charge on any atom is -0.345 e. The van der Waals surface area contributed by atoms with E-state index in [1.807, 2.05) is 42.7 Å². The van der Waals surface area contributed by atoms with Crippen molar-refractivity contribution in [2.45, 2.75) is 26.2 Å². The zero-order valence-electron chi connectivity index (χ0n) is 12.6. The quantitative estimate of drug-likeness (QED) is 0.610. The fraction of sp³-hybridized carbons (Fsp3) is 0.211. The van der Waals surface area contributed by atoms with Gasteiger partial charge in [-0.25, -0.2) is 4.98 Å². The topological polar surface area (TPSA) is 28.7 Å². The Balaban J connectivity index is 2.06. The molecule has 2 heteroatoms. The summed E-state index contributed by atoms with van der Waals surface area (Å²) in [4.78, 5) is 7.69. The average Bonchev–Trinajstić information content (AvgIpc) is 2.87. The van der Waals surface area contributed by atoms with E-state index in [9.17, 15) is 0 Å². The van der Waals surface area contributed by atoms with E-state index in [0.717, 1.165) is 22.2 Å². The van der Waals surface area contributed by atoms with Crippen molar-refractivity contribution >= 4 is 11.0 Å². The molecule has 104 valence electrons. The minimum atomic E-state index is 0.0859. The van der Waals surface area contributed by atoms with E-state index < -0.39 is 0 Å². The van der Waals surface area contributed by atoms with Gasteiger partial charge in [-0.2, -0.15) is 0 Å². The van der Waals surface area contributed by atoms with Crippen LogP contribution in [-0.2, 0) is 5.41 Å². The summed E-state index contributed by atoms with van der Waals surface area (Å²) >= 11 is 0. The zero-order valence-corrected chi connectivity index (χ0v) is 12.6. The number of aromatic amines is 1. The van der Waals surface area contributed by atoms with Gasteiger partial charge in [-0.3, -0.25) is 0 Å². The van der Waals surface area contributed by atoms with Crippen LogP contribution in [0.1, 0.15) is 37.5 Å². The summed E-state index contributed by atoms with van der Waals surface area (Å²) in [6.45, 7) is 6.58. The molecule has 3 aromatic rings. The van der Waals surface area contributed by atoms with Crippen LogP contribution < -0.4 is 0 Å². The third-order valence-corrected chi connectivity index (χ3v) is 3.51. The van der Waals surface area contributed by atoms with Crippen LogP contribution in [0.2, 0.25) is 0 Å². The molecule has 0 atom stereocenters. The Labute approximate surface area is 125 Å². The number of fused-ring (bicyclic) bond motifs is 1. The number of nitrogens with one attached hydrogen (secondary N) is 1. The van der Waals surface area contributed by atoms with Gasteiger partial charge >= 0.3 is 0 Å². The third kappa shape index (κ3) is 2.83. The molecule has 0 spiro atoms. The first-order chi connectivity index (χ1) is 10.0. The van der Waals surface area contributed by atoms with Crippen LogP contribution in [0.15, 0.2) is 48.8 Å². The Morgan fingerprint density at radius 3 is 2.52 bits per heavy atom. The lowest BCUT2D eigenvalue weighted by Crippen LogP contribution is -2.11. The predicted octanol–water partition coefficient (Wildman–Crippen LogP) is 4.26. The smallest absolute Gasteiger partial charge is 0.138 e. The summed E-state index contributed by atoms with van der Waals surface area (Å²) in [6.07, 6.45) is 3.87. The first kappa shape index (κ1) is 13.5. The number of pyridine rings is 1. The highest BCUT2D eigenvalue weighted by Gasteiger charge is 2.15. The van der Waals surface area contributed by atoms with Gasteiger partial charge in [0.2, 0.25) is 0 Å². The van der Waals surface area contributed by atoms with Crippen molar-refractivity contribution in [3.8, 4) is 11.8 Å². The number of nitrogens with zero attached hydrogens (tertiary/aromatic N) is 1. The molecule has 0 radical (unpaired) electrons. The molecule has 0 aliphatic rings. The van der Waals surface area contributed by atoms with Crippen molar-refractivity contribution in [3.05, 3.63) is 65.5 Å². The Morgan fingerprint density at radius 1 is 1.05 bits per heavy atom. The van der Waals surface area contributed by atoms with E-state index in [-0.39, 0.29) is 5.41 Å². The van der Waals surface area contributed by atoms with Gasteiger partial charge in [0.05, 0.1) is 5.56 Å². The molecule has 0 aliphatic heterocycles. The molecule has 2 heterocycles. The molecule has 1 aromatic carbocycles. The Bertz CT molecular complexity index is 825. The van der Waals surface area contributed by atoms with E-state index in [4.69, 9.17) is 0 Å². The van der Waals surface area contributed by atoms with Gasteiger partial charge in [0.15, 0.2) is 0 Å². The summed E-state index contributed by atoms with van der Waals surface area (Å²) in [5.74, 6) is 6.44. The number of benzene rings is 1.